The van der Waals surface area contributed by atoms with Crippen molar-refractivity contribution >= 4 is 63.6 Å². The fourth-order valence-corrected chi connectivity index (χ4v) is 10.3. The number of ether oxygens (including phenoxy) is 2. The van der Waals surface area contributed by atoms with Crippen LogP contribution < -0.4 is 16.0 Å². The van der Waals surface area contributed by atoms with E-state index in [2.05, 4.69) is 45.0 Å². The number of hydrogen-bond acceptors (Lipinski definition) is 13. The standard InChI is InChI=1S/C48H58ClN9O7S2/c1-27-29(3)67-47-40(27)41(32-13-15-34(49)16-14-32)53-36(44-56-55-30(4)58(44)47)22-38(60)50-17-20-64-18-8-19-65-25-39(61)54-43(48(5,6)7)46(63)57-24-35(59)21-37(57)45(62)51-23-31-9-11-33(12-10-31)42-28(2)52-26-66-42/h9-16,26,35-37,43,59H,8,17-25H2,1-7H3,(H,50,60)(H,51,62)(H,54,61)/t35-,36-,37+,43?/m1/s1. The highest BCUT2D eigenvalue weighted by atomic mass is 35.5. The molecule has 0 radical (unpaired) electrons. The molecule has 67 heavy (non-hydrogen) atoms. The van der Waals surface area contributed by atoms with Gasteiger partial charge < -0.3 is 35.4 Å². The van der Waals surface area contributed by atoms with Crippen molar-refractivity contribution in [2.45, 2.75) is 98.5 Å². The van der Waals surface area contributed by atoms with E-state index in [0.717, 1.165) is 54.0 Å². The predicted molar refractivity (Wildman–Crippen MR) is 259 cm³/mol. The molecule has 2 aliphatic rings. The number of nitrogens with one attached hydrogen (secondary N) is 3. The molecule has 16 nitrogen and oxygen atoms in total. The molecular formula is C48H58ClN9O7S2. The van der Waals surface area contributed by atoms with Gasteiger partial charge in [0.25, 0.3) is 0 Å². The first kappa shape index (κ1) is 49.5. The summed E-state index contributed by atoms with van der Waals surface area (Å²) in [5.74, 6) is -0.210. The van der Waals surface area contributed by atoms with Crippen molar-refractivity contribution in [3.05, 3.63) is 104 Å². The number of benzene rings is 2. The number of aliphatic hydroxyl groups is 1. The Hall–Kier alpha value is -5.37. The number of aromatic nitrogens is 4. The van der Waals surface area contributed by atoms with Crippen LogP contribution in [0.15, 0.2) is 59.0 Å². The van der Waals surface area contributed by atoms with Crippen LogP contribution in [0.5, 0.6) is 0 Å². The van der Waals surface area contributed by atoms with Crippen molar-refractivity contribution in [3.63, 3.8) is 0 Å². The van der Waals surface area contributed by atoms with E-state index in [9.17, 15) is 24.3 Å². The van der Waals surface area contributed by atoms with Crippen LogP contribution >= 0.6 is 34.3 Å². The van der Waals surface area contributed by atoms with Crippen molar-refractivity contribution in [3.8, 4) is 15.4 Å². The van der Waals surface area contributed by atoms with Crippen molar-refractivity contribution in [2.24, 2.45) is 10.4 Å². The number of carbonyl (C=O) groups is 4. The molecule has 2 aliphatic heterocycles. The van der Waals surface area contributed by atoms with E-state index < -0.39 is 41.5 Å². The van der Waals surface area contributed by atoms with E-state index in [-0.39, 0.29) is 64.1 Å². The molecule has 0 saturated carbocycles. The second kappa shape index (κ2) is 21.7. The minimum atomic E-state index is -0.977. The third-order valence-electron chi connectivity index (χ3n) is 11.8. The topological polar surface area (TPSA) is 202 Å². The van der Waals surface area contributed by atoms with E-state index in [1.165, 1.54) is 4.90 Å². The van der Waals surface area contributed by atoms with Crippen molar-refractivity contribution in [2.75, 3.05) is 39.5 Å². The summed E-state index contributed by atoms with van der Waals surface area (Å²) >= 11 is 9.45. The SMILES string of the molecule is Cc1ncsc1-c1ccc(CNC(=O)[C@@H]2C[C@@H](O)CN2C(=O)C(NC(=O)COCCCOCCNC(=O)C[C@H]2N=C(c3ccc(Cl)cc3)c3c(sc(C)c3C)-n3c(C)nnc32)C(C)(C)C)cc1. The third kappa shape index (κ3) is 11.8. The molecule has 356 valence electrons. The summed E-state index contributed by atoms with van der Waals surface area (Å²) in [5, 5.41) is 29.7. The van der Waals surface area contributed by atoms with Gasteiger partial charge in [0.15, 0.2) is 5.82 Å². The van der Waals surface area contributed by atoms with Crippen LogP contribution in [0, 0.1) is 33.1 Å². The quantitative estimate of drug-likeness (QED) is 0.0759. The van der Waals surface area contributed by atoms with Gasteiger partial charge in [-0.1, -0.05) is 68.8 Å². The van der Waals surface area contributed by atoms with Crippen LogP contribution in [0.25, 0.3) is 15.4 Å². The number of halogens is 1. The highest BCUT2D eigenvalue weighted by Crippen LogP contribution is 2.40. The predicted octanol–water partition coefficient (Wildman–Crippen LogP) is 5.97. The molecule has 19 heteroatoms. The van der Waals surface area contributed by atoms with Crippen LogP contribution in [0.1, 0.15) is 90.5 Å². The summed E-state index contributed by atoms with van der Waals surface area (Å²) in [6.07, 6.45) is -0.245. The van der Waals surface area contributed by atoms with Crippen LogP contribution in [0.4, 0.5) is 0 Å². The normalized spacial score (nSPS) is 17.3. The molecule has 3 aromatic heterocycles. The number of hydrogen-bond donors (Lipinski definition) is 4. The molecule has 4 amide bonds. The summed E-state index contributed by atoms with van der Waals surface area (Å²) < 4.78 is 13.4. The Kier molecular flexibility index (Phi) is 16.1. The summed E-state index contributed by atoms with van der Waals surface area (Å²) in [7, 11) is 0. The lowest BCUT2D eigenvalue weighted by molar-refractivity contribution is -0.144. The molecule has 1 saturated heterocycles. The zero-order valence-corrected chi connectivity index (χ0v) is 41.2. The fourth-order valence-electron chi connectivity index (χ4n) is 8.16. The number of aliphatic imine (C=N–C) groups is 1. The van der Waals surface area contributed by atoms with E-state index >= 15 is 0 Å². The molecule has 4 atom stereocenters. The number of fused-ring (bicyclic) bond motifs is 3. The van der Waals surface area contributed by atoms with Gasteiger partial charge in [-0.3, -0.25) is 28.7 Å². The average Bonchev–Trinajstić information content (AvgIpc) is 4.06. The molecule has 5 heterocycles. The lowest BCUT2D eigenvalue weighted by Gasteiger charge is -2.35. The highest BCUT2D eigenvalue weighted by Gasteiger charge is 2.44. The Labute approximate surface area is 403 Å². The molecule has 0 spiro atoms. The van der Waals surface area contributed by atoms with Crippen LogP contribution in [-0.2, 0) is 35.2 Å². The molecule has 0 aliphatic carbocycles. The lowest BCUT2D eigenvalue weighted by atomic mass is 9.85. The van der Waals surface area contributed by atoms with Gasteiger partial charge in [-0.25, -0.2) is 4.98 Å². The van der Waals surface area contributed by atoms with Crippen LogP contribution in [0.2, 0.25) is 5.02 Å². The number of β-amino-alcohol motifs (C(OH)–C–C–N with tert-alkyl or cyclic N) is 1. The number of nitrogens with zero attached hydrogens (tertiary/aromatic N) is 6. The van der Waals surface area contributed by atoms with Gasteiger partial charge in [0.05, 0.1) is 40.9 Å². The monoisotopic (exact) mass is 971 g/mol. The number of rotatable bonds is 18. The Morgan fingerprint density at radius 1 is 0.925 bits per heavy atom. The van der Waals surface area contributed by atoms with Gasteiger partial charge in [-0.2, -0.15) is 0 Å². The lowest BCUT2D eigenvalue weighted by Crippen LogP contribution is -2.58. The van der Waals surface area contributed by atoms with Gasteiger partial charge >= 0.3 is 0 Å². The summed E-state index contributed by atoms with van der Waals surface area (Å²) in [4.78, 5) is 66.9. The van der Waals surface area contributed by atoms with Gasteiger partial charge in [0.2, 0.25) is 23.6 Å². The molecule has 1 fully saturated rings. The average molecular weight is 973 g/mol. The number of carbonyl (C=O) groups excluding carboxylic acids is 4. The largest absolute Gasteiger partial charge is 0.391 e. The Morgan fingerprint density at radius 3 is 2.34 bits per heavy atom. The number of amides is 4. The van der Waals surface area contributed by atoms with Crippen molar-refractivity contribution < 1.29 is 33.8 Å². The molecule has 1 unspecified atom stereocenters. The van der Waals surface area contributed by atoms with Gasteiger partial charge in [-0.05, 0) is 68.4 Å². The Morgan fingerprint density at radius 2 is 1.64 bits per heavy atom. The maximum atomic E-state index is 14.0. The van der Waals surface area contributed by atoms with Gasteiger partial charge in [0.1, 0.15) is 35.6 Å². The fraction of sp³-hybridized carbons (Fsp3) is 0.458. The van der Waals surface area contributed by atoms with E-state index in [4.69, 9.17) is 26.1 Å². The summed E-state index contributed by atoms with van der Waals surface area (Å²) in [6.45, 7) is 14.5. The third-order valence-corrected chi connectivity index (χ3v) is 14.2. The molecule has 0 bridgehead atoms. The molecule has 5 aromatic rings. The first-order valence-electron chi connectivity index (χ1n) is 22.3. The van der Waals surface area contributed by atoms with E-state index in [0.29, 0.717) is 29.7 Å². The molecule has 2 aromatic carbocycles. The summed E-state index contributed by atoms with van der Waals surface area (Å²) in [6, 6.07) is 12.9. The number of aryl methyl sites for hydroxylation is 3. The van der Waals surface area contributed by atoms with Gasteiger partial charge in [0, 0.05) is 60.3 Å². The van der Waals surface area contributed by atoms with Crippen molar-refractivity contribution in [1.29, 1.82) is 0 Å². The molecule has 7 rings (SSSR count). The minimum absolute atomic E-state index is 0.0246. The highest BCUT2D eigenvalue weighted by molar-refractivity contribution is 7.15. The Balaban J connectivity index is 0.832. The van der Waals surface area contributed by atoms with Crippen LogP contribution in [-0.4, -0.2) is 117 Å². The number of likely N-dealkylation sites (tertiary alicyclic amines) is 1. The zero-order chi connectivity index (χ0) is 48.0. The van der Waals surface area contributed by atoms with Crippen LogP contribution in [0.3, 0.4) is 0 Å². The number of aliphatic hydroxyl groups excluding tert-OH is 1. The minimum Gasteiger partial charge on any atom is -0.391 e. The number of thiophene rings is 1. The summed E-state index contributed by atoms with van der Waals surface area (Å²) in [5.41, 5.74) is 7.76. The zero-order valence-electron chi connectivity index (χ0n) is 38.9. The number of thiazole rings is 1. The molecular weight excluding hydrogens is 914 g/mol. The first-order chi connectivity index (χ1) is 32.0. The molecule has 4 N–H and O–H groups in total. The van der Waals surface area contributed by atoms with Crippen molar-refractivity contribution in [1.82, 2.24) is 40.6 Å². The first-order valence-corrected chi connectivity index (χ1v) is 24.4. The maximum Gasteiger partial charge on any atom is 0.246 e. The Bertz CT molecular complexity index is 2600. The second-order valence-corrected chi connectivity index (χ2v) is 20.4. The second-order valence-electron chi connectivity index (χ2n) is 17.9. The van der Waals surface area contributed by atoms with E-state index in [1.54, 1.807) is 22.7 Å². The smallest absolute Gasteiger partial charge is 0.246 e. The maximum absolute atomic E-state index is 14.0. The van der Waals surface area contributed by atoms with E-state index in [1.807, 2.05) is 93.2 Å². The van der Waals surface area contributed by atoms with Gasteiger partial charge in [-0.15, -0.1) is 32.9 Å².